The van der Waals surface area contributed by atoms with Gasteiger partial charge >= 0.3 is 0 Å². The Labute approximate surface area is 185 Å². The largest absolute Gasteiger partial charge is 0.376 e. The van der Waals surface area contributed by atoms with Crippen molar-refractivity contribution in [1.82, 2.24) is 14.1 Å². The molecule has 32 heavy (non-hydrogen) atoms. The Balaban J connectivity index is 1.46. The van der Waals surface area contributed by atoms with Crippen molar-refractivity contribution in [2.24, 2.45) is 0 Å². The fourth-order valence-corrected chi connectivity index (χ4v) is 4.86. The van der Waals surface area contributed by atoms with Gasteiger partial charge in [-0.05, 0) is 56.2 Å². The molecule has 3 heterocycles. The zero-order valence-electron chi connectivity index (χ0n) is 17.8. The number of fused-ring (bicyclic) bond motifs is 2. The highest BCUT2D eigenvalue weighted by molar-refractivity contribution is 5.92. The van der Waals surface area contributed by atoms with E-state index in [1.807, 2.05) is 6.07 Å². The molecule has 2 aromatic heterocycles. The minimum absolute atomic E-state index is 0.0860. The van der Waals surface area contributed by atoms with E-state index in [9.17, 15) is 14.9 Å². The Morgan fingerprint density at radius 3 is 2.91 bits per heavy atom. The van der Waals surface area contributed by atoms with Crippen LogP contribution >= 0.6 is 0 Å². The first kappa shape index (κ1) is 20.5. The van der Waals surface area contributed by atoms with E-state index >= 15 is 0 Å². The van der Waals surface area contributed by atoms with E-state index in [2.05, 4.69) is 20.9 Å². The van der Waals surface area contributed by atoms with E-state index in [0.29, 0.717) is 28.8 Å². The van der Waals surface area contributed by atoms with Crippen LogP contribution in [0.5, 0.6) is 0 Å². The molecule has 1 atom stereocenters. The van der Waals surface area contributed by atoms with Gasteiger partial charge in [0.1, 0.15) is 18.4 Å². The molecule has 1 amide bonds. The third-order valence-electron chi connectivity index (χ3n) is 6.40. The fourth-order valence-electron chi connectivity index (χ4n) is 4.86. The maximum Gasteiger partial charge on any atom is 0.261 e. The summed E-state index contributed by atoms with van der Waals surface area (Å²) in [5.74, 6) is 0.172. The number of ether oxygens (including phenoxy) is 1. The summed E-state index contributed by atoms with van der Waals surface area (Å²) in [7, 11) is 0. The van der Waals surface area contributed by atoms with E-state index in [-0.39, 0.29) is 24.1 Å². The van der Waals surface area contributed by atoms with Crippen molar-refractivity contribution in [2.45, 2.75) is 57.7 Å². The molecule has 1 saturated heterocycles. The van der Waals surface area contributed by atoms with Gasteiger partial charge in [0.2, 0.25) is 5.91 Å². The van der Waals surface area contributed by atoms with Crippen LogP contribution in [0.4, 0.5) is 5.82 Å². The van der Waals surface area contributed by atoms with Crippen LogP contribution in [-0.2, 0) is 35.5 Å². The molecule has 0 bridgehead atoms. The lowest BCUT2D eigenvalue weighted by Gasteiger charge is -2.20. The molecule has 0 radical (unpaired) electrons. The van der Waals surface area contributed by atoms with Crippen LogP contribution in [0.1, 0.15) is 42.5 Å². The Bertz CT molecular complexity index is 1280. The molecule has 3 aromatic rings. The molecule has 2 aliphatic rings. The van der Waals surface area contributed by atoms with Crippen molar-refractivity contribution in [3.8, 4) is 6.07 Å². The second-order valence-corrected chi connectivity index (χ2v) is 8.46. The predicted octanol–water partition coefficient (Wildman–Crippen LogP) is 2.77. The maximum atomic E-state index is 13.0. The van der Waals surface area contributed by atoms with Gasteiger partial charge in [-0.1, -0.05) is 12.1 Å². The second-order valence-electron chi connectivity index (χ2n) is 8.46. The van der Waals surface area contributed by atoms with E-state index in [4.69, 9.17) is 4.74 Å². The molecule has 8 heteroatoms. The number of rotatable bonds is 5. The number of aromatic nitrogens is 3. The number of para-hydroxylation sites is 1. The van der Waals surface area contributed by atoms with Crippen LogP contribution in [0.3, 0.4) is 0 Å². The first-order valence-corrected chi connectivity index (χ1v) is 11.2. The molecule has 0 saturated carbocycles. The number of amides is 1. The summed E-state index contributed by atoms with van der Waals surface area (Å²) < 4.78 is 9.21. The number of nitrogens with one attached hydrogen (secondary N) is 1. The monoisotopic (exact) mass is 431 g/mol. The Kier molecular flexibility index (Phi) is 5.50. The summed E-state index contributed by atoms with van der Waals surface area (Å²) in [5.41, 5.74) is 3.04. The number of nitrogens with zero attached hydrogens (tertiary/aromatic N) is 4. The van der Waals surface area contributed by atoms with E-state index < -0.39 is 0 Å². The molecule has 1 N–H and O–H groups in total. The Hall–Kier alpha value is -3.44. The highest BCUT2D eigenvalue weighted by Crippen LogP contribution is 2.34. The summed E-state index contributed by atoms with van der Waals surface area (Å²) in [6, 6.07) is 9.38. The zero-order valence-corrected chi connectivity index (χ0v) is 17.8. The molecular weight excluding hydrogens is 406 g/mol. The standard InChI is InChI=1S/C24H25N5O3/c25-12-19-17-7-2-4-10-21(17)29(13-16-6-5-11-32-16)23(19)27-22(30)14-28-15-26-20-9-3-1-8-18(20)24(28)31/h1,3,8-9,15-16H,2,4-7,10-11,13-14H2,(H,27,30). The SMILES string of the molecule is N#Cc1c2c(n(CC3CCCO3)c1NC(=O)Cn1cnc3ccccc3c1=O)CCCC2. The fraction of sp³-hybridized carbons (Fsp3) is 0.417. The lowest BCUT2D eigenvalue weighted by atomic mass is 9.95. The lowest BCUT2D eigenvalue weighted by molar-refractivity contribution is -0.116. The molecule has 0 spiro atoms. The van der Waals surface area contributed by atoms with Crippen LogP contribution in [0, 0.1) is 11.3 Å². The van der Waals surface area contributed by atoms with Gasteiger partial charge < -0.3 is 14.6 Å². The second kappa shape index (κ2) is 8.60. The normalized spacial score (nSPS) is 17.8. The van der Waals surface area contributed by atoms with Crippen molar-refractivity contribution in [3.05, 3.63) is 57.8 Å². The van der Waals surface area contributed by atoms with Gasteiger partial charge in [0.15, 0.2) is 0 Å². The predicted molar refractivity (Wildman–Crippen MR) is 119 cm³/mol. The smallest absolute Gasteiger partial charge is 0.261 e. The lowest BCUT2D eigenvalue weighted by Crippen LogP contribution is -2.29. The van der Waals surface area contributed by atoms with Crippen LogP contribution < -0.4 is 10.9 Å². The van der Waals surface area contributed by atoms with Crippen molar-refractivity contribution in [1.29, 1.82) is 5.26 Å². The molecule has 164 valence electrons. The van der Waals surface area contributed by atoms with Crippen LogP contribution in [0.2, 0.25) is 0 Å². The number of benzene rings is 1. The number of anilines is 1. The summed E-state index contributed by atoms with van der Waals surface area (Å²) in [4.78, 5) is 30.0. The zero-order chi connectivity index (χ0) is 22.1. The number of carbonyl (C=O) groups is 1. The maximum absolute atomic E-state index is 13.0. The highest BCUT2D eigenvalue weighted by Gasteiger charge is 2.28. The molecule has 1 aromatic carbocycles. The van der Waals surface area contributed by atoms with Gasteiger partial charge in [-0.3, -0.25) is 14.2 Å². The van der Waals surface area contributed by atoms with Gasteiger partial charge in [0, 0.05) is 12.3 Å². The Morgan fingerprint density at radius 2 is 2.09 bits per heavy atom. The number of hydrogen-bond acceptors (Lipinski definition) is 5. The summed E-state index contributed by atoms with van der Waals surface area (Å²) in [5, 5.41) is 13.3. The van der Waals surface area contributed by atoms with Gasteiger partial charge in [0.05, 0.1) is 35.4 Å². The molecule has 1 unspecified atom stereocenters. The van der Waals surface area contributed by atoms with Gasteiger partial charge in [-0.2, -0.15) is 5.26 Å². The number of hydrogen-bond donors (Lipinski definition) is 1. The quantitative estimate of drug-likeness (QED) is 0.669. The van der Waals surface area contributed by atoms with E-state index in [1.165, 1.54) is 10.9 Å². The topological polar surface area (TPSA) is 102 Å². The minimum Gasteiger partial charge on any atom is -0.376 e. The molecule has 1 fully saturated rings. The highest BCUT2D eigenvalue weighted by atomic mass is 16.5. The summed E-state index contributed by atoms with van der Waals surface area (Å²) in [6.45, 7) is 1.20. The van der Waals surface area contributed by atoms with Crippen LogP contribution in [0.15, 0.2) is 35.4 Å². The van der Waals surface area contributed by atoms with Crippen LogP contribution in [0.25, 0.3) is 10.9 Å². The third-order valence-corrected chi connectivity index (χ3v) is 6.40. The number of nitriles is 1. The summed E-state index contributed by atoms with van der Waals surface area (Å²) in [6.07, 6.45) is 7.32. The average Bonchev–Trinajstić information content (AvgIpc) is 3.43. The molecule has 1 aliphatic heterocycles. The molecular formula is C24H25N5O3. The minimum atomic E-state index is -0.357. The van der Waals surface area contributed by atoms with Crippen LogP contribution in [-0.4, -0.2) is 32.7 Å². The molecule has 8 nitrogen and oxygen atoms in total. The first-order valence-electron chi connectivity index (χ1n) is 11.2. The first-order chi connectivity index (χ1) is 15.7. The van der Waals surface area contributed by atoms with Crippen molar-refractivity contribution in [3.63, 3.8) is 0 Å². The Morgan fingerprint density at radius 1 is 1.25 bits per heavy atom. The average molecular weight is 431 g/mol. The van der Waals surface area contributed by atoms with E-state index in [1.54, 1.807) is 18.2 Å². The molecule has 5 rings (SSSR count). The van der Waals surface area contributed by atoms with Crippen molar-refractivity contribution in [2.75, 3.05) is 11.9 Å². The van der Waals surface area contributed by atoms with Gasteiger partial charge in [-0.25, -0.2) is 4.98 Å². The van der Waals surface area contributed by atoms with Gasteiger partial charge in [0.25, 0.3) is 5.56 Å². The number of carbonyl (C=O) groups excluding carboxylic acids is 1. The summed E-state index contributed by atoms with van der Waals surface area (Å²) >= 11 is 0. The van der Waals surface area contributed by atoms with Crippen molar-refractivity contribution < 1.29 is 9.53 Å². The van der Waals surface area contributed by atoms with Crippen molar-refractivity contribution >= 4 is 22.6 Å². The van der Waals surface area contributed by atoms with E-state index in [0.717, 1.165) is 56.4 Å². The third kappa shape index (κ3) is 3.69. The van der Waals surface area contributed by atoms with Gasteiger partial charge in [-0.15, -0.1) is 0 Å². The molecule has 1 aliphatic carbocycles.